The van der Waals surface area contributed by atoms with E-state index in [1.54, 1.807) is 13.0 Å². The topological polar surface area (TPSA) is 125 Å². The van der Waals surface area contributed by atoms with Crippen LogP contribution in [0.1, 0.15) is 34.7 Å². The van der Waals surface area contributed by atoms with Crippen LogP contribution in [0.5, 0.6) is 5.75 Å². The molecule has 0 saturated heterocycles. The van der Waals surface area contributed by atoms with Gasteiger partial charge in [0.25, 0.3) is 5.91 Å². The Bertz CT molecular complexity index is 934. The Labute approximate surface area is 158 Å². The van der Waals surface area contributed by atoms with Gasteiger partial charge in [-0.3, -0.25) is 4.79 Å². The number of hydrogen-bond acceptors (Lipinski definition) is 7. The summed E-state index contributed by atoms with van der Waals surface area (Å²) in [7, 11) is -2.42. The highest BCUT2D eigenvalue weighted by atomic mass is 32.2. The van der Waals surface area contributed by atoms with E-state index in [-0.39, 0.29) is 39.7 Å². The molecular formula is C18H23N3O5S. The molecule has 1 saturated carbocycles. The molecule has 1 aromatic heterocycles. The second-order valence-electron chi connectivity index (χ2n) is 6.77. The molecule has 1 amide bonds. The lowest BCUT2D eigenvalue weighted by Crippen LogP contribution is -2.38. The Morgan fingerprint density at radius 1 is 1.41 bits per heavy atom. The Kier molecular flexibility index (Phi) is 5.52. The first-order valence-corrected chi connectivity index (χ1v) is 10.3. The predicted octanol–water partition coefficient (Wildman–Crippen LogP) is 1.43. The number of rotatable bonds is 8. The molecule has 0 spiro atoms. The molecule has 1 aliphatic carbocycles. The van der Waals surface area contributed by atoms with E-state index in [4.69, 9.17) is 15.0 Å². The molecule has 146 valence electrons. The van der Waals surface area contributed by atoms with Gasteiger partial charge in [0, 0.05) is 24.2 Å². The summed E-state index contributed by atoms with van der Waals surface area (Å²) in [4.78, 5) is 12.3. The van der Waals surface area contributed by atoms with Gasteiger partial charge in [-0.1, -0.05) is 5.16 Å². The molecule has 0 bridgehead atoms. The highest BCUT2D eigenvalue weighted by molar-refractivity contribution is 7.90. The summed E-state index contributed by atoms with van der Waals surface area (Å²) < 4.78 is 35.8. The molecule has 1 atom stereocenters. The van der Waals surface area contributed by atoms with Crippen molar-refractivity contribution in [2.45, 2.75) is 36.5 Å². The number of carbonyl (C=O) groups excluding carboxylic acids is 1. The molecule has 3 N–H and O–H groups in total. The SMILES string of the molecule is COc1ccc(C(=O)NCC(N)C2CC2)cc1S(=O)(=O)Cc1cc(C)no1. The third-order valence-electron chi connectivity index (χ3n) is 4.50. The Hall–Kier alpha value is -2.39. The molecule has 0 radical (unpaired) electrons. The average molecular weight is 393 g/mol. The number of aromatic nitrogens is 1. The van der Waals surface area contributed by atoms with Gasteiger partial charge in [-0.15, -0.1) is 0 Å². The summed E-state index contributed by atoms with van der Waals surface area (Å²) in [6.07, 6.45) is 2.17. The van der Waals surface area contributed by atoms with Crippen molar-refractivity contribution in [2.75, 3.05) is 13.7 Å². The van der Waals surface area contributed by atoms with Gasteiger partial charge in [0.1, 0.15) is 16.4 Å². The Balaban J connectivity index is 1.80. The van der Waals surface area contributed by atoms with Crippen LogP contribution in [0.25, 0.3) is 0 Å². The van der Waals surface area contributed by atoms with Gasteiger partial charge >= 0.3 is 0 Å². The first-order chi connectivity index (χ1) is 12.8. The fourth-order valence-electron chi connectivity index (χ4n) is 2.81. The lowest BCUT2D eigenvalue weighted by atomic mass is 10.1. The quantitative estimate of drug-likeness (QED) is 0.695. The Morgan fingerprint density at radius 3 is 2.74 bits per heavy atom. The molecule has 1 aliphatic rings. The van der Waals surface area contributed by atoms with Crippen LogP contribution in [0.3, 0.4) is 0 Å². The zero-order chi connectivity index (χ0) is 19.6. The van der Waals surface area contributed by atoms with Crippen LogP contribution in [0, 0.1) is 12.8 Å². The first-order valence-electron chi connectivity index (χ1n) is 8.67. The molecule has 0 aliphatic heterocycles. The summed E-state index contributed by atoms with van der Waals surface area (Å²) in [5.41, 5.74) is 6.81. The van der Waals surface area contributed by atoms with E-state index in [2.05, 4.69) is 10.5 Å². The van der Waals surface area contributed by atoms with Crippen LogP contribution >= 0.6 is 0 Å². The maximum Gasteiger partial charge on any atom is 0.251 e. The van der Waals surface area contributed by atoms with Crippen LogP contribution in [0.15, 0.2) is 33.7 Å². The van der Waals surface area contributed by atoms with Crippen molar-refractivity contribution in [1.82, 2.24) is 10.5 Å². The van der Waals surface area contributed by atoms with Gasteiger partial charge in [0.2, 0.25) is 0 Å². The van der Waals surface area contributed by atoms with Crippen molar-refractivity contribution in [2.24, 2.45) is 11.7 Å². The lowest BCUT2D eigenvalue weighted by Gasteiger charge is -2.13. The molecule has 1 fully saturated rings. The molecule has 1 heterocycles. The normalized spacial score (nSPS) is 15.4. The average Bonchev–Trinajstić information content (AvgIpc) is 3.42. The predicted molar refractivity (Wildman–Crippen MR) is 98.2 cm³/mol. The molecule has 1 unspecified atom stereocenters. The number of carbonyl (C=O) groups is 1. The second-order valence-corrected chi connectivity index (χ2v) is 8.73. The molecule has 9 heteroatoms. The van der Waals surface area contributed by atoms with Crippen molar-refractivity contribution in [3.63, 3.8) is 0 Å². The Morgan fingerprint density at radius 2 is 2.15 bits per heavy atom. The third kappa shape index (κ3) is 4.67. The van der Waals surface area contributed by atoms with E-state index >= 15 is 0 Å². The second kappa shape index (κ2) is 7.69. The van der Waals surface area contributed by atoms with Gasteiger partial charge in [0.15, 0.2) is 15.6 Å². The summed E-state index contributed by atoms with van der Waals surface area (Å²) >= 11 is 0. The fourth-order valence-corrected chi connectivity index (χ4v) is 4.24. The molecule has 1 aromatic carbocycles. The number of hydrogen-bond donors (Lipinski definition) is 2. The summed E-state index contributed by atoms with van der Waals surface area (Å²) in [5.74, 6) is 0.0995. The number of amides is 1. The lowest BCUT2D eigenvalue weighted by molar-refractivity contribution is 0.0950. The standard InChI is InChI=1S/C18H23N3O5S/c1-11-7-14(26-21-11)10-27(23,24)17-8-13(5-6-16(17)25-2)18(22)20-9-15(19)12-3-4-12/h5-8,12,15H,3-4,9-10,19H2,1-2H3,(H,20,22). The molecular weight excluding hydrogens is 370 g/mol. The largest absolute Gasteiger partial charge is 0.495 e. The van der Waals surface area contributed by atoms with Gasteiger partial charge in [0.05, 0.1) is 12.8 Å². The fraction of sp³-hybridized carbons (Fsp3) is 0.444. The van der Waals surface area contributed by atoms with Gasteiger partial charge in [-0.2, -0.15) is 0 Å². The van der Waals surface area contributed by atoms with Gasteiger partial charge in [-0.25, -0.2) is 8.42 Å². The maximum atomic E-state index is 12.8. The van der Waals surface area contributed by atoms with Crippen LogP contribution < -0.4 is 15.8 Å². The number of sulfone groups is 1. The van der Waals surface area contributed by atoms with Crippen molar-refractivity contribution in [1.29, 1.82) is 0 Å². The highest BCUT2D eigenvalue weighted by Crippen LogP contribution is 2.31. The highest BCUT2D eigenvalue weighted by Gasteiger charge is 2.29. The van der Waals surface area contributed by atoms with E-state index in [9.17, 15) is 13.2 Å². The van der Waals surface area contributed by atoms with E-state index < -0.39 is 9.84 Å². The van der Waals surface area contributed by atoms with Gasteiger partial charge in [-0.05, 0) is 43.9 Å². The van der Waals surface area contributed by atoms with Crippen molar-refractivity contribution >= 4 is 15.7 Å². The van der Waals surface area contributed by atoms with E-state index in [0.29, 0.717) is 18.2 Å². The van der Waals surface area contributed by atoms with E-state index in [0.717, 1.165) is 12.8 Å². The van der Waals surface area contributed by atoms with Crippen molar-refractivity contribution < 1.29 is 22.5 Å². The maximum absolute atomic E-state index is 12.8. The van der Waals surface area contributed by atoms with E-state index in [1.807, 2.05) is 0 Å². The zero-order valence-electron chi connectivity index (χ0n) is 15.3. The minimum absolute atomic E-state index is 0.0711. The van der Waals surface area contributed by atoms with Crippen LogP contribution in [-0.4, -0.2) is 39.2 Å². The number of nitrogens with two attached hydrogens (primary N) is 1. The molecule has 8 nitrogen and oxygen atoms in total. The minimum Gasteiger partial charge on any atom is -0.495 e. The molecule has 3 rings (SSSR count). The van der Waals surface area contributed by atoms with E-state index in [1.165, 1.54) is 25.3 Å². The summed E-state index contributed by atoms with van der Waals surface area (Å²) in [5, 5.41) is 6.46. The zero-order valence-corrected chi connectivity index (χ0v) is 16.1. The number of nitrogens with zero attached hydrogens (tertiary/aromatic N) is 1. The number of ether oxygens (including phenoxy) is 1. The smallest absolute Gasteiger partial charge is 0.251 e. The number of methoxy groups -OCH3 is 1. The first kappa shape index (κ1) is 19.4. The number of aryl methyl sites for hydroxylation is 1. The summed E-state index contributed by atoms with van der Waals surface area (Å²) in [6, 6.07) is 5.78. The number of nitrogens with one attached hydrogen (secondary N) is 1. The van der Waals surface area contributed by atoms with Gasteiger partial charge < -0.3 is 20.3 Å². The van der Waals surface area contributed by atoms with Crippen molar-refractivity contribution in [3.8, 4) is 5.75 Å². The van der Waals surface area contributed by atoms with Crippen LogP contribution in [0.2, 0.25) is 0 Å². The third-order valence-corrected chi connectivity index (χ3v) is 6.15. The van der Waals surface area contributed by atoms with Crippen LogP contribution in [-0.2, 0) is 15.6 Å². The number of benzene rings is 1. The van der Waals surface area contributed by atoms with Crippen molar-refractivity contribution in [3.05, 3.63) is 41.3 Å². The summed E-state index contributed by atoms with van der Waals surface area (Å²) in [6.45, 7) is 2.06. The molecule has 2 aromatic rings. The monoisotopic (exact) mass is 393 g/mol. The molecule has 27 heavy (non-hydrogen) atoms. The van der Waals surface area contributed by atoms with Crippen LogP contribution in [0.4, 0.5) is 0 Å². The minimum atomic E-state index is -3.80.